The summed E-state index contributed by atoms with van der Waals surface area (Å²) < 4.78 is 19.9. The lowest BCUT2D eigenvalue weighted by atomic mass is 10.2. The molecule has 1 aromatic carbocycles. The number of aryl methyl sites for hydroxylation is 1. The fourth-order valence-electron chi connectivity index (χ4n) is 2.23. The van der Waals surface area contributed by atoms with Crippen molar-refractivity contribution in [1.29, 1.82) is 0 Å². The van der Waals surface area contributed by atoms with Gasteiger partial charge in [0.2, 0.25) is 0 Å². The molecule has 5 nitrogen and oxygen atoms in total. The quantitative estimate of drug-likeness (QED) is 0.705. The van der Waals surface area contributed by atoms with Crippen molar-refractivity contribution in [2.75, 3.05) is 11.9 Å². The lowest BCUT2D eigenvalue weighted by Crippen LogP contribution is -2.23. The van der Waals surface area contributed by atoms with E-state index in [1.165, 1.54) is 29.8 Å². The Morgan fingerprint density at radius 1 is 1.42 bits per heavy atom. The molecule has 2 aromatic heterocycles. The van der Waals surface area contributed by atoms with E-state index in [0.29, 0.717) is 28.1 Å². The van der Waals surface area contributed by atoms with Crippen LogP contribution in [0.5, 0.6) is 5.75 Å². The summed E-state index contributed by atoms with van der Waals surface area (Å²) in [6, 6.07) is 4.28. The summed E-state index contributed by atoms with van der Waals surface area (Å²) in [4.78, 5) is 9.32. The molecule has 3 aromatic rings. The van der Waals surface area contributed by atoms with Gasteiger partial charge in [-0.15, -0.1) is 11.3 Å². The number of aromatic nitrogens is 2. The number of ether oxygens (including phenoxy) is 1. The van der Waals surface area contributed by atoms with Crippen LogP contribution in [0.25, 0.3) is 10.2 Å². The van der Waals surface area contributed by atoms with Gasteiger partial charge in [0, 0.05) is 12.6 Å². The van der Waals surface area contributed by atoms with E-state index in [1.54, 1.807) is 6.07 Å². The summed E-state index contributed by atoms with van der Waals surface area (Å²) in [6.07, 6.45) is 1.22. The second kappa shape index (κ2) is 6.88. The van der Waals surface area contributed by atoms with Crippen LogP contribution in [0, 0.1) is 12.7 Å². The highest BCUT2D eigenvalue weighted by Crippen LogP contribution is 2.38. The zero-order chi connectivity index (χ0) is 17.3. The molecule has 24 heavy (non-hydrogen) atoms. The van der Waals surface area contributed by atoms with Gasteiger partial charge in [-0.2, -0.15) is 0 Å². The molecule has 0 radical (unpaired) electrons. The predicted molar refractivity (Wildman–Crippen MR) is 96.0 cm³/mol. The molecular weight excluding hydrogens is 351 g/mol. The molecule has 0 bridgehead atoms. The van der Waals surface area contributed by atoms with Crippen molar-refractivity contribution >= 4 is 44.7 Å². The first kappa shape index (κ1) is 16.9. The van der Waals surface area contributed by atoms with Gasteiger partial charge in [0.05, 0.1) is 15.4 Å². The van der Waals surface area contributed by atoms with Crippen molar-refractivity contribution in [3.63, 3.8) is 0 Å². The Kier molecular flexibility index (Phi) is 4.84. The SMILES string of the molecule is Cc1c(Cl)sc2ncnc(Nc3ccc(F)cc3OC(C)CN)c12. The summed E-state index contributed by atoms with van der Waals surface area (Å²) in [5.74, 6) is 0.582. The lowest BCUT2D eigenvalue weighted by Gasteiger charge is -2.17. The van der Waals surface area contributed by atoms with Crippen molar-refractivity contribution in [1.82, 2.24) is 9.97 Å². The number of hydrogen-bond donors (Lipinski definition) is 2. The van der Waals surface area contributed by atoms with Crippen LogP contribution < -0.4 is 15.8 Å². The number of nitrogens with zero attached hydrogens (tertiary/aromatic N) is 2. The Morgan fingerprint density at radius 2 is 2.21 bits per heavy atom. The first-order chi connectivity index (χ1) is 11.5. The summed E-state index contributed by atoms with van der Waals surface area (Å²) in [5, 5.41) is 4.03. The molecule has 0 aliphatic heterocycles. The Balaban J connectivity index is 2.03. The highest BCUT2D eigenvalue weighted by Gasteiger charge is 2.15. The minimum Gasteiger partial charge on any atom is -0.487 e. The smallest absolute Gasteiger partial charge is 0.146 e. The highest BCUT2D eigenvalue weighted by molar-refractivity contribution is 7.22. The minimum absolute atomic E-state index is 0.241. The molecule has 3 rings (SSSR count). The number of nitrogens with one attached hydrogen (secondary N) is 1. The third kappa shape index (κ3) is 3.28. The molecule has 1 unspecified atom stereocenters. The number of hydrogen-bond acceptors (Lipinski definition) is 6. The summed E-state index contributed by atoms with van der Waals surface area (Å²) in [6.45, 7) is 4.06. The number of halogens is 2. The Labute approximate surface area is 147 Å². The average Bonchev–Trinajstić information content (AvgIpc) is 2.85. The number of nitrogens with two attached hydrogens (primary N) is 1. The van der Waals surface area contributed by atoms with E-state index in [0.717, 1.165) is 15.8 Å². The zero-order valence-electron chi connectivity index (χ0n) is 13.1. The van der Waals surface area contributed by atoms with Gasteiger partial charge in [-0.1, -0.05) is 11.6 Å². The summed E-state index contributed by atoms with van der Waals surface area (Å²) in [7, 11) is 0. The molecule has 0 fully saturated rings. The summed E-state index contributed by atoms with van der Waals surface area (Å²) >= 11 is 7.59. The molecule has 0 saturated heterocycles. The Bertz CT molecular complexity index is 886. The molecule has 3 N–H and O–H groups in total. The van der Waals surface area contributed by atoms with Crippen molar-refractivity contribution in [3.8, 4) is 5.75 Å². The molecule has 0 aliphatic carbocycles. The normalized spacial score (nSPS) is 12.4. The fraction of sp³-hybridized carbons (Fsp3) is 0.250. The second-order valence-electron chi connectivity index (χ2n) is 5.33. The molecule has 0 spiro atoms. The van der Waals surface area contributed by atoms with E-state index in [9.17, 15) is 4.39 Å². The molecule has 2 heterocycles. The highest BCUT2D eigenvalue weighted by atomic mass is 35.5. The summed E-state index contributed by atoms with van der Waals surface area (Å²) in [5.41, 5.74) is 7.08. The van der Waals surface area contributed by atoms with Gasteiger partial charge in [0.1, 0.15) is 34.6 Å². The predicted octanol–water partition coefficient (Wildman–Crippen LogP) is 4.26. The maximum atomic E-state index is 13.6. The molecule has 8 heteroatoms. The number of fused-ring (bicyclic) bond motifs is 1. The number of rotatable bonds is 5. The third-order valence-electron chi connectivity index (χ3n) is 3.53. The van der Waals surface area contributed by atoms with Crippen molar-refractivity contribution in [2.24, 2.45) is 5.73 Å². The molecule has 0 amide bonds. The number of anilines is 2. The van der Waals surface area contributed by atoms with Gasteiger partial charge in [0.15, 0.2) is 0 Å². The van der Waals surface area contributed by atoms with Crippen LogP contribution in [-0.2, 0) is 0 Å². The molecule has 126 valence electrons. The van der Waals surface area contributed by atoms with Crippen LogP contribution in [0.2, 0.25) is 4.34 Å². The van der Waals surface area contributed by atoms with Gasteiger partial charge < -0.3 is 15.8 Å². The first-order valence-corrected chi connectivity index (χ1v) is 8.52. The zero-order valence-corrected chi connectivity index (χ0v) is 14.7. The van der Waals surface area contributed by atoms with E-state index in [2.05, 4.69) is 15.3 Å². The fourth-order valence-corrected chi connectivity index (χ4v) is 3.42. The topological polar surface area (TPSA) is 73.1 Å². The van der Waals surface area contributed by atoms with E-state index in [-0.39, 0.29) is 11.9 Å². The minimum atomic E-state index is -0.387. The van der Waals surface area contributed by atoms with E-state index in [4.69, 9.17) is 22.1 Å². The molecule has 1 atom stereocenters. The molecule has 0 saturated carbocycles. The van der Waals surface area contributed by atoms with Crippen molar-refractivity contribution in [3.05, 3.63) is 40.2 Å². The monoisotopic (exact) mass is 366 g/mol. The Morgan fingerprint density at radius 3 is 2.96 bits per heavy atom. The van der Waals surface area contributed by atoms with Crippen LogP contribution in [0.1, 0.15) is 12.5 Å². The van der Waals surface area contributed by atoms with Gasteiger partial charge in [0.25, 0.3) is 0 Å². The maximum Gasteiger partial charge on any atom is 0.146 e. The maximum absolute atomic E-state index is 13.6. The van der Waals surface area contributed by atoms with E-state index >= 15 is 0 Å². The van der Waals surface area contributed by atoms with Gasteiger partial charge in [-0.3, -0.25) is 0 Å². The second-order valence-corrected chi connectivity index (χ2v) is 6.93. The van der Waals surface area contributed by atoms with E-state index in [1.807, 2.05) is 13.8 Å². The van der Waals surface area contributed by atoms with Gasteiger partial charge >= 0.3 is 0 Å². The van der Waals surface area contributed by atoms with Crippen LogP contribution >= 0.6 is 22.9 Å². The first-order valence-electron chi connectivity index (χ1n) is 7.32. The standard InChI is InChI=1S/C16H16ClFN4OS/c1-8(6-19)23-12-5-10(18)3-4-11(12)22-15-13-9(2)14(17)24-16(13)21-7-20-15/h3-5,7-8H,6,19H2,1-2H3,(H,20,21,22). The van der Waals surface area contributed by atoms with Crippen molar-refractivity contribution < 1.29 is 9.13 Å². The Hall–Kier alpha value is -1.96. The molecule has 0 aliphatic rings. The van der Waals surface area contributed by atoms with Crippen LogP contribution in [0.4, 0.5) is 15.9 Å². The van der Waals surface area contributed by atoms with Crippen LogP contribution in [0.15, 0.2) is 24.5 Å². The van der Waals surface area contributed by atoms with Crippen LogP contribution in [0.3, 0.4) is 0 Å². The number of thiophene rings is 1. The van der Waals surface area contributed by atoms with Crippen molar-refractivity contribution in [2.45, 2.75) is 20.0 Å². The van der Waals surface area contributed by atoms with Crippen LogP contribution in [-0.4, -0.2) is 22.6 Å². The number of benzene rings is 1. The lowest BCUT2D eigenvalue weighted by molar-refractivity contribution is 0.230. The largest absolute Gasteiger partial charge is 0.487 e. The molecular formula is C16H16ClFN4OS. The van der Waals surface area contributed by atoms with Gasteiger partial charge in [-0.25, -0.2) is 14.4 Å². The third-order valence-corrected chi connectivity index (χ3v) is 5.03. The average molecular weight is 367 g/mol. The van der Waals surface area contributed by atoms with Gasteiger partial charge in [-0.05, 0) is 31.5 Å². The van der Waals surface area contributed by atoms with E-state index < -0.39 is 0 Å².